The average Bonchev–Trinajstić information content (AvgIpc) is 3.32. The van der Waals surface area contributed by atoms with Crippen LogP contribution in [0.25, 0.3) is 5.65 Å². The fraction of sp³-hybridized carbons (Fsp3) is 0.481. The molecule has 1 aliphatic rings. The number of nitrogens with one attached hydrogen (secondary N) is 1. The van der Waals surface area contributed by atoms with Gasteiger partial charge < -0.3 is 15.1 Å². The van der Waals surface area contributed by atoms with E-state index in [1.54, 1.807) is 0 Å². The predicted molar refractivity (Wildman–Crippen MR) is 135 cm³/mol. The summed E-state index contributed by atoms with van der Waals surface area (Å²) in [6, 6.07) is 5.90. The van der Waals surface area contributed by atoms with Crippen LogP contribution < -0.4 is 10.2 Å². The van der Waals surface area contributed by atoms with Crippen molar-refractivity contribution in [2.24, 2.45) is 0 Å². The molecule has 6 nitrogen and oxygen atoms in total. The van der Waals surface area contributed by atoms with E-state index in [1.807, 2.05) is 19.9 Å². The lowest BCUT2D eigenvalue weighted by atomic mass is 9.88. The minimum atomic E-state index is -0.733. The van der Waals surface area contributed by atoms with E-state index >= 15 is 0 Å². The lowest BCUT2D eigenvalue weighted by Crippen LogP contribution is -2.42. The Hall–Kier alpha value is -3.00. The molecular weight excluding hydrogens is 448 g/mol. The molecule has 188 valence electrons. The Labute approximate surface area is 205 Å². The number of anilines is 1. The first-order valence-electron chi connectivity index (χ1n) is 12.3. The molecule has 1 fully saturated rings. The van der Waals surface area contributed by atoms with Crippen LogP contribution in [0.4, 0.5) is 14.5 Å². The van der Waals surface area contributed by atoms with E-state index in [1.165, 1.54) is 16.8 Å². The van der Waals surface area contributed by atoms with Crippen molar-refractivity contribution < 1.29 is 13.6 Å². The summed E-state index contributed by atoms with van der Waals surface area (Å²) in [5, 5.41) is 2.83. The van der Waals surface area contributed by atoms with Crippen molar-refractivity contribution in [3.63, 3.8) is 0 Å². The second kappa shape index (κ2) is 10.3. The van der Waals surface area contributed by atoms with Crippen LogP contribution in [-0.2, 0) is 6.54 Å². The molecule has 2 aromatic heterocycles. The molecule has 1 N–H and O–H groups in total. The van der Waals surface area contributed by atoms with Crippen LogP contribution in [0.5, 0.6) is 0 Å². The van der Waals surface area contributed by atoms with Crippen molar-refractivity contribution in [3.05, 3.63) is 64.6 Å². The Kier molecular flexibility index (Phi) is 7.40. The Morgan fingerprint density at radius 2 is 1.80 bits per heavy atom. The summed E-state index contributed by atoms with van der Waals surface area (Å²) in [5.74, 6) is -1.74. The molecule has 0 bridgehead atoms. The molecule has 8 heteroatoms. The minimum Gasteiger partial charge on any atom is -0.369 e. The van der Waals surface area contributed by atoms with Gasteiger partial charge in [0.05, 0.1) is 5.56 Å². The molecule has 0 radical (unpaired) electrons. The predicted octanol–water partition coefficient (Wildman–Crippen LogP) is 4.86. The molecule has 0 unspecified atom stereocenters. The van der Waals surface area contributed by atoms with E-state index in [0.717, 1.165) is 55.1 Å². The first-order valence-corrected chi connectivity index (χ1v) is 12.3. The summed E-state index contributed by atoms with van der Waals surface area (Å²) in [7, 11) is 4.29. The number of benzene rings is 1. The van der Waals surface area contributed by atoms with Crippen LogP contribution in [0.15, 0.2) is 30.6 Å². The highest BCUT2D eigenvalue weighted by atomic mass is 19.1. The van der Waals surface area contributed by atoms with E-state index in [9.17, 15) is 13.6 Å². The quantitative estimate of drug-likeness (QED) is 0.488. The smallest absolute Gasteiger partial charge is 0.251 e. The normalized spacial score (nSPS) is 18.3. The Morgan fingerprint density at radius 3 is 2.46 bits per heavy atom. The molecule has 0 spiro atoms. The number of hydrogen-bond donors (Lipinski definition) is 1. The second-order valence-corrected chi connectivity index (χ2v) is 9.77. The fourth-order valence-electron chi connectivity index (χ4n) is 5.38. The van der Waals surface area contributed by atoms with Gasteiger partial charge in [0, 0.05) is 54.9 Å². The van der Waals surface area contributed by atoms with Gasteiger partial charge in [0.25, 0.3) is 5.91 Å². The summed E-state index contributed by atoms with van der Waals surface area (Å²) in [6.45, 7) is 6.90. The zero-order valence-electron chi connectivity index (χ0n) is 21.2. The van der Waals surface area contributed by atoms with Crippen LogP contribution >= 0.6 is 0 Å². The number of amides is 1. The van der Waals surface area contributed by atoms with Crippen LogP contribution in [0.1, 0.15) is 59.7 Å². The second-order valence-electron chi connectivity index (χ2n) is 9.77. The van der Waals surface area contributed by atoms with Gasteiger partial charge >= 0.3 is 0 Å². The molecule has 0 saturated heterocycles. The third-order valence-corrected chi connectivity index (χ3v) is 7.36. The first kappa shape index (κ1) is 25.1. The van der Waals surface area contributed by atoms with Crippen LogP contribution in [0, 0.1) is 25.6 Å². The highest BCUT2D eigenvalue weighted by Crippen LogP contribution is 2.33. The largest absolute Gasteiger partial charge is 0.369 e. The highest BCUT2D eigenvalue weighted by molar-refractivity contribution is 5.97. The minimum absolute atomic E-state index is 0.0831. The van der Waals surface area contributed by atoms with Crippen molar-refractivity contribution >= 4 is 17.2 Å². The van der Waals surface area contributed by atoms with Crippen LogP contribution in [0.2, 0.25) is 0 Å². The summed E-state index contributed by atoms with van der Waals surface area (Å²) >= 11 is 0. The molecule has 0 aliphatic heterocycles. The van der Waals surface area contributed by atoms with Gasteiger partial charge in [0.15, 0.2) is 0 Å². The Morgan fingerprint density at radius 1 is 1.11 bits per heavy atom. The van der Waals surface area contributed by atoms with Crippen LogP contribution in [-0.4, -0.2) is 52.9 Å². The van der Waals surface area contributed by atoms with Gasteiger partial charge in [0.1, 0.15) is 11.5 Å². The van der Waals surface area contributed by atoms with E-state index in [0.29, 0.717) is 17.6 Å². The fourth-order valence-corrected chi connectivity index (χ4v) is 5.38. The number of carbonyl (C=O) groups excluding carboxylic acids is 1. The van der Waals surface area contributed by atoms with Crippen molar-refractivity contribution in [3.8, 4) is 0 Å². The first-order chi connectivity index (χ1) is 16.7. The molecule has 1 saturated carbocycles. The average molecular weight is 484 g/mol. The SMILES string of the molecule is CCN(c1cc(C)cc(C(=O)NCc2c(F)cc(F)n3ccnc23)c1C)[C@H]1CC[C@H](N(C)C)CC1. The van der Waals surface area contributed by atoms with E-state index in [-0.39, 0.29) is 23.7 Å². The summed E-state index contributed by atoms with van der Waals surface area (Å²) in [5.41, 5.74) is 3.88. The maximum Gasteiger partial charge on any atom is 0.251 e. The van der Waals surface area contributed by atoms with Crippen molar-refractivity contribution in [1.82, 2.24) is 19.6 Å². The highest BCUT2D eigenvalue weighted by Gasteiger charge is 2.28. The summed E-state index contributed by atoms with van der Waals surface area (Å²) in [4.78, 5) is 22.0. The molecule has 1 aromatic carbocycles. The number of imidazole rings is 1. The number of nitrogens with zero attached hydrogens (tertiary/aromatic N) is 4. The molecule has 4 rings (SSSR count). The maximum absolute atomic E-state index is 14.5. The number of carbonyl (C=O) groups is 1. The molecule has 1 aliphatic carbocycles. The van der Waals surface area contributed by atoms with Gasteiger partial charge in [-0.15, -0.1) is 0 Å². The number of hydrogen-bond acceptors (Lipinski definition) is 4. The monoisotopic (exact) mass is 483 g/mol. The molecule has 2 heterocycles. The van der Waals surface area contributed by atoms with Crippen LogP contribution in [0.3, 0.4) is 0 Å². The molecule has 35 heavy (non-hydrogen) atoms. The standard InChI is InChI=1S/C27H35F2N5O/c1-6-33(20-9-7-19(8-10-20)32(4)5)24-14-17(2)13-21(18(24)3)27(35)31-16-22-23(28)15-25(29)34-12-11-30-26(22)34/h11-15,19-20H,6-10,16H2,1-5H3,(H,31,35)/t19-,20-. The lowest BCUT2D eigenvalue weighted by Gasteiger charge is -2.40. The van der Waals surface area contributed by atoms with Crippen molar-refractivity contribution in [2.45, 2.75) is 65.1 Å². The molecule has 1 amide bonds. The number of aryl methyl sites for hydroxylation is 1. The van der Waals surface area contributed by atoms with Gasteiger partial charge in [-0.3, -0.25) is 9.20 Å². The third kappa shape index (κ3) is 5.03. The number of rotatable bonds is 7. The maximum atomic E-state index is 14.5. The molecule has 0 atom stereocenters. The lowest BCUT2D eigenvalue weighted by molar-refractivity contribution is 0.0950. The van der Waals surface area contributed by atoms with E-state index < -0.39 is 11.8 Å². The number of halogens is 2. The summed E-state index contributed by atoms with van der Waals surface area (Å²) in [6.07, 6.45) is 7.41. The van der Waals surface area contributed by atoms with E-state index in [2.05, 4.69) is 47.2 Å². The zero-order chi connectivity index (χ0) is 25.3. The Balaban J connectivity index is 1.56. The van der Waals surface area contributed by atoms with E-state index in [4.69, 9.17) is 0 Å². The van der Waals surface area contributed by atoms with Crippen molar-refractivity contribution in [2.75, 3.05) is 25.5 Å². The number of aromatic nitrogens is 2. The number of fused-ring (bicyclic) bond motifs is 1. The van der Waals surface area contributed by atoms with Gasteiger partial charge in [-0.05, 0) is 83.8 Å². The topological polar surface area (TPSA) is 52.9 Å². The zero-order valence-corrected chi connectivity index (χ0v) is 21.2. The Bertz CT molecular complexity index is 1210. The van der Waals surface area contributed by atoms with Gasteiger partial charge in [-0.1, -0.05) is 0 Å². The summed E-state index contributed by atoms with van der Waals surface area (Å²) < 4.78 is 29.6. The van der Waals surface area contributed by atoms with Crippen molar-refractivity contribution in [1.29, 1.82) is 0 Å². The molecular formula is C27H35F2N5O. The van der Waals surface area contributed by atoms with Gasteiger partial charge in [-0.25, -0.2) is 9.37 Å². The van der Waals surface area contributed by atoms with Gasteiger partial charge in [0.2, 0.25) is 5.95 Å². The number of pyridine rings is 1. The molecule has 3 aromatic rings. The third-order valence-electron chi connectivity index (χ3n) is 7.36. The van der Waals surface area contributed by atoms with Gasteiger partial charge in [-0.2, -0.15) is 4.39 Å².